The maximum atomic E-state index is 12.4. The summed E-state index contributed by atoms with van der Waals surface area (Å²) in [6.07, 6.45) is 1.36. The number of carbonyl (C=O) groups is 1. The van der Waals surface area contributed by atoms with Crippen LogP contribution in [-0.4, -0.2) is 45.3 Å². The smallest absolute Gasteiger partial charge is 0.325 e. The van der Waals surface area contributed by atoms with Gasteiger partial charge in [0.05, 0.1) is 17.9 Å². The normalized spacial score (nSPS) is 11.3. The zero-order chi connectivity index (χ0) is 18.7. The van der Waals surface area contributed by atoms with Gasteiger partial charge in [0.15, 0.2) is 0 Å². The van der Waals surface area contributed by atoms with E-state index in [1.807, 2.05) is 18.2 Å². The van der Waals surface area contributed by atoms with Gasteiger partial charge in [0.25, 0.3) is 5.56 Å². The molecule has 2 aromatic heterocycles. The summed E-state index contributed by atoms with van der Waals surface area (Å²) in [6.45, 7) is 4.41. The third-order valence-electron chi connectivity index (χ3n) is 4.43. The minimum absolute atomic E-state index is 0.129. The topological polar surface area (TPSA) is 104 Å². The number of H-pyrrole nitrogens is 1. The molecule has 0 aliphatic carbocycles. The van der Waals surface area contributed by atoms with E-state index in [4.69, 9.17) is 10.8 Å². The number of fused-ring (bicyclic) bond motifs is 1. The highest BCUT2D eigenvalue weighted by Gasteiger charge is 2.12. The Morgan fingerprint density at radius 3 is 2.81 bits per heavy atom. The van der Waals surface area contributed by atoms with E-state index >= 15 is 0 Å². The summed E-state index contributed by atoms with van der Waals surface area (Å²) in [5.74, 6) is 0. The molecule has 0 fully saturated rings. The molecular weight excluding hydrogens is 332 g/mol. The van der Waals surface area contributed by atoms with Gasteiger partial charge in [-0.3, -0.25) is 9.69 Å². The summed E-state index contributed by atoms with van der Waals surface area (Å²) < 4.78 is 0.889. The summed E-state index contributed by atoms with van der Waals surface area (Å²) in [7, 11) is 0. The predicted molar refractivity (Wildman–Crippen MR) is 101 cm³/mol. The van der Waals surface area contributed by atoms with Crippen molar-refractivity contribution in [3.05, 3.63) is 58.5 Å². The van der Waals surface area contributed by atoms with Gasteiger partial charge in [-0.15, -0.1) is 0 Å². The van der Waals surface area contributed by atoms with Gasteiger partial charge in [-0.2, -0.15) is 0 Å². The van der Waals surface area contributed by atoms with Crippen molar-refractivity contribution < 1.29 is 9.90 Å². The lowest BCUT2D eigenvalue weighted by Gasteiger charge is -2.19. The quantitative estimate of drug-likeness (QED) is 0.627. The highest BCUT2D eigenvalue weighted by Crippen LogP contribution is 2.23. The number of hydrogen-bond donors (Lipinski definition) is 3. The van der Waals surface area contributed by atoms with Crippen molar-refractivity contribution in [2.45, 2.75) is 13.5 Å². The fourth-order valence-corrected chi connectivity index (χ4v) is 3.05. The number of nitrogens with one attached hydrogen (secondary N) is 1. The first-order valence-electron chi connectivity index (χ1n) is 8.50. The monoisotopic (exact) mass is 354 g/mol. The van der Waals surface area contributed by atoms with Crippen molar-refractivity contribution in [3.63, 3.8) is 0 Å². The fourth-order valence-electron chi connectivity index (χ4n) is 3.05. The van der Waals surface area contributed by atoms with Crippen LogP contribution in [0.25, 0.3) is 22.2 Å². The van der Waals surface area contributed by atoms with Gasteiger partial charge in [-0.05, 0) is 42.4 Å². The minimum Gasteiger partial charge on any atom is -0.395 e. The number of rotatable bonds is 6. The molecule has 0 atom stereocenters. The SMILES string of the molecule is CCN(CCO)Cc1ccc2[nH]c(-c3cccn(C(N)=O)c3=O)cc2c1. The first-order chi connectivity index (χ1) is 12.5. The Hall–Kier alpha value is -2.90. The summed E-state index contributed by atoms with van der Waals surface area (Å²) >= 11 is 0. The molecule has 0 spiro atoms. The number of benzene rings is 1. The molecule has 0 aliphatic rings. The van der Waals surface area contributed by atoms with Gasteiger partial charge in [-0.25, -0.2) is 9.36 Å². The molecule has 0 unspecified atom stereocenters. The van der Waals surface area contributed by atoms with Crippen LogP contribution in [0.1, 0.15) is 12.5 Å². The number of amides is 1. The van der Waals surface area contributed by atoms with Crippen LogP contribution in [0.3, 0.4) is 0 Å². The van der Waals surface area contributed by atoms with Crippen LogP contribution in [0, 0.1) is 0 Å². The number of pyridine rings is 1. The van der Waals surface area contributed by atoms with E-state index in [0.29, 0.717) is 17.8 Å². The number of aliphatic hydroxyl groups excluding tert-OH is 1. The Bertz CT molecular complexity index is 990. The summed E-state index contributed by atoms with van der Waals surface area (Å²) in [6, 6.07) is 10.4. The molecule has 0 saturated carbocycles. The van der Waals surface area contributed by atoms with Crippen LogP contribution < -0.4 is 11.3 Å². The predicted octanol–water partition coefficient (Wildman–Crippen LogP) is 1.74. The van der Waals surface area contributed by atoms with Crippen LogP contribution in [-0.2, 0) is 6.54 Å². The largest absolute Gasteiger partial charge is 0.395 e. The average Bonchev–Trinajstić information content (AvgIpc) is 3.04. The lowest BCUT2D eigenvalue weighted by Crippen LogP contribution is -2.31. The molecule has 136 valence electrons. The molecule has 0 aliphatic heterocycles. The number of nitrogens with zero attached hydrogens (tertiary/aromatic N) is 2. The Morgan fingerprint density at radius 1 is 1.31 bits per heavy atom. The highest BCUT2D eigenvalue weighted by molar-refractivity contribution is 5.86. The third kappa shape index (κ3) is 3.54. The van der Waals surface area contributed by atoms with Crippen molar-refractivity contribution >= 4 is 16.9 Å². The summed E-state index contributed by atoms with van der Waals surface area (Å²) in [4.78, 5) is 29.2. The molecular formula is C19H22N4O3. The van der Waals surface area contributed by atoms with Crippen molar-refractivity contribution in [1.29, 1.82) is 0 Å². The number of hydrogen-bond acceptors (Lipinski definition) is 4. The Kier molecular flexibility index (Phi) is 5.20. The molecule has 7 nitrogen and oxygen atoms in total. The second-order valence-corrected chi connectivity index (χ2v) is 6.13. The van der Waals surface area contributed by atoms with E-state index in [2.05, 4.69) is 22.9 Å². The van der Waals surface area contributed by atoms with E-state index in [1.54, 1.807) is 12.1 Å². The molecule has 7 heteroatoms. The second-order valence-electron chi connectivity index (χ2n) is 6.13. The van der Waals surface area contributed by atoms with Gasteiger partial charge in [0, 0.05) is 30.2 Å². The van der Waals surface area contributed by atoms with E-state index in [0.717, 1.165) is 34.1 Å². The first-order valence-corrected chi connectivity index (χ1v) is 8.50. The third-order valence-corrected chi connectivity index (χ3v) is 4.43. The number of primary amides is 1. The first kappa shape index (κ1) is 17.9. The second kappa shape index (κ2) is 7.55. The highest BCUT2D eigenvalue weighted by atomic mass is 16.3. The number of carbonyl (C=O) groups excluding carboxylic acids is 1. The minimum atomic E-state index is -0.807. The molecule has 3 aromatic rings. The van der Waals surface area contributed by atoms with E-state index in [1.165, 1.54) is 6.20 Å². The molecule has 4 N–H and O–H groups in total. The van der Waals surface area contributed by atoms with Gasteiger partial charge in [0.2, 0.25) is 0 Å². The van der Waals surface area contributed by atoms with Crippen LogP contribution in [0.2, 0.25) is 0 Å². The van der Waals surface area contributed by atoms with Crippen molar-refractivity contribution in [3.8, 4) is 11.3 Å². The molecule has 0 saturated heterocycles. The van der Waals surface area contributed by atoms with E-state index < -0.39 is 11.6 Å². The van der Waals surface area contributed by atoms with E-state index in [-0.39, 0.29) is 6.61 Å². The number of nitrogens with two attached hydrogens (primary N) is 1. The Balaban J connectivity index is 1.97. The van der Waals surface area contributed by atoms with Crippen LogP contribution >= 0.6 is 0 Å². The van der Waals surface area contributed by atoms with Crippen LogP contribution in [0.5, 0.6) is 0 Å². The average molecular weight is 354 g/mol. The number of aliphatic hydroxyl groups is 1. The fraction of sp³-hybridized carbons (Fsp3) is 0.263. The van der Waals surface area contributed by atoms with Crippen LogP contribution in [0.4, 0.5) is 4.79 Å². The van der Waals surface area contributed by atoms with Crippen LogP contribution in [0.15, 0.2) is 47.4 Å². The van der Waals surface area contributed by atoms with E-state index in [9.17, 15) is 9.59 Å². The molecule has 0 radical (unpaired) electrons. The van der Waals surface area contributed by atoms with Crippen molar-refractivity contribution in [2.75, 3.05) is 19.7 Å². The van der Waals surface area contributed by atoms with Gasteiger partial charge in [0.1, 0.15) is 0 Å². The lowest BCUT2D eigenvalue weighted by molar-refractivity contribution is 0.197. The molecule has 1 amide bonds. The van der Waals surface area contributed by atoms with Crippen molar-refractivity contribution in [2.24, 2.45) is 5.73 Å². The molecule has 26 heavy (non-hydrogen) atoms. The standard InChI is InChI=1S/C19H22N4O3/c1-2-22(8-9-24)12-13-5-6-16-14(10-13)11-17(21-16)15-4-3-7-23(18(15)25)19(20)26/h3-7,10-11,21,24H,2,8-9,12H2,1H3,(H2,20,26). The van der Waals surface area contributed by atoms with Gasteiger partial charge in [-0.1, -0.05) is 13.0 Å². The van der Waals surface area contributed by atoms with Gasteiger partial charge < -0.3 is 15.8 Å². The molecule has 1 aromatic carbocycles. The Labute approximate surface area is 150 Å². The zero-order valence-electron chi connectivity index (χ0n) is 14.6. The zero-order valence-corrected chi connectivity index (χ0v) is 14.6. The number of aromatic amines is 1. The lowest BCUT2D eigenvalue weighted by atomic mass is 10.1. The Morgan fingerprint density at radius 2 is 2.12 bits per heavy atom. The molecule has 0 bridgehead atoms. The maximum absolute atomic E-state index is 12.4. The number of likely N-dealkylation sites (N-methyl/N-ethyl adjacent to an activating group) is 1. The maximum Gasteiger partial charge on any atom is 0.325 e. The van der Waals surface area contributed by atoms with Crippen molar-refractivity contribution in [1.82, 2.24) is 14.5 Å². The summed E-state index contributed by atoms with van der Waals surface area (Å²) in [5, 5.41) is 10.1. The molecule has 2 heterocycles. The molecule has 3 rings (SSSR count). The van der Waals surface area contributed by atoms with Gasteiger partial charge >= 0.3 is 6.03 Å². The number of aromatic nitrogens is 2. The summed E-state index contributed by atoms with van der Waals surface area (Å²) in [5.41, 5.74) is 7.84.